The molecule has 4 aromatic rings. The van der Waals surface area contributed by atoms with Gasteiger partial charge in [0.2, 0.25) is 0 Å². The topological polar surface area (TPSA) is 89.9 Å². The third kappa shape index (κ3) is 5.47. The van der Waals surface area contributed by atoms with Crippen molar-refractivity contribution in [3.63, 3.8) is 0 Å². The van der Waals surface area contributed by atoms with Gasteiger partial charge in [0.15, 0.2) is 0 Å². The molecule has 1 amide bonds. The van der Waals surface area contributed by atoms with Gasteiger partial charge in [0.05, 0.1) is 15.7 Å². The van der Waals surface area contributed by atoms with E-state index < -0.39 is 23.0 Å². The molecule has 0 aliphatic carbocycles. The number of phenols is 1. The summed E-state index contributed by atoms with van der Waals surface area (Å²) >= 11 is 9.76. The fourth-order valence-electron chi connectivity index (χ4n) is 3.38. The van der Waals surface area contributed by atoms with Crippen molar-refractivity contribution in [1.82, 2.24) is 0 Å². The average molecular weight is 531 g/mol. The molecule has 0 aromatic heterocycles. The molecule has 0 fully saturated rings. The molecule has 4 aromatic carbocycles. The highest BCUT2D eigenvalue weighted by molar-refractivity contribution is 7.81. The lowest BCUT2D eigenvalue weighted by atomic mass is 10.0. The third-order valence-electron chi connectivity index (χ3n) is 5.08. The largest absolute Gasteiger partial charge is 0.506 e. The molecule has 0 spiro atoms. The maximum atomic E-state index is 13.3. The number of aromatic hydroxyl groups is 1. The lowest BCUT2D eigenvalue weighted by molar-refractivity contribution is 0.102. The molecule has 0 aliphatic rings. The van der Waals surface area contributed by atoms with Gasteiger partial charge in [-0.3, -0.25) is 9.35 Å². The molecular weight excluding hydrogens is 514 g/mol. The number of carbonyl (C=O) groups excluding carboxylic acids is 1. The number of nitrogens with one attached hydrogen (secondary N) is 1. The number of amides is 1. The van der Waals surface area contributed by atoms with Crippen LogP contribution in [0.5, 0.6) is 5.75 Å². The monoisotopic (exact) mass is 530 g/mol. The summed E-state index contributed by atoms with van der Waals surface area (Å²) in [5.41, 5.74) is 2.24. The summed E-state index contributed by atoms with van der Waals surface area (Å²) in [7, 11) is 0. The number of hydrogen-bond donors (Lipinski definition) is 3. The van der Waals surface area contributed by atoms with Gasteiger partial charge in [-0.25, -0.2) is 12.9 Å². The van der Waals surface area contributed by atoms with Crippen molar-refractivity contribution in [1.29, 1.82) is 0 Å². The lowest BCUT2D eigenvalue weighted by Gasteiger charge is -2.21. The van der Waals surface area contributed by atoms with Crippen LogP contribution in [0.1, 0.15) is 10.4 Å². The Morgan fingerprint density at radius 2 is 1.63 bits per heavy atom. The molecule has 1 unspecified atom stereocenters. The molecule has 0 saturated heterocycles. The van der Waals surface area contributed by atoms with Gasteiger partial charge in [-0.05, 0) is 66.2 Å². The van der Waals surface area contributed by atoms with Crippen molar-refractivity contribution in [2.24, 2.45) is 0 Å². The van der Waals surface area contributed by atoms with Crippen molar-refractivity contribution in [3.8, 4) is 16.9 Å². The number of benzene rings is 4. The van der Waals surface area contributed by atoms with Gasteiger partial charge < -0.3 is 10.4 Å². The molecular formula is C25H17Cl2FN2O4S. The highest BCUT2D eigenvalue weighted by Crippen LogP contribution is 2.37. The van der Waals surface area contributed by atoms with E-state index in [9.17, 15) is 23.1 Å². The van der Waals surface area contributed by atoms with Crippen molar-refractivity contribution >= 4 is 57.4 Å². The van der Waals surface area contributed by atoms with E-state index in [2.05, 4.69) is 5.32 Å². The zero-order valence-electron chi connectivity index (χ0n) is 17.8. The zero-order valence-corrected chi connectivity index (χ0v) is 20.1. The smallest absolute Gasteiger partial charge is 0.266 e. The first kappa shape index (κ1) is 24.7. The molecule has 0 radical (unpaired) electrons. The van der Waals surface area contributed by atoms with Crippen molar-refractivity contribution in [2.45, 2.75) is 0 Å². The Kier molecular flexibility index (Phi) is 7.37. The van der Waals surface area contributed by atoms with Gasteiger partial charge >= 0.3 is 0 Å². The van der Waals surface area contributed by atoms with Crippen molar-refractivity contribution < 1.29 is 23.1 Å². The van der Waals surface area contributed by atoms with E-state index in [1.807, 2.05) is 6.07 Å². The Morgan fingerprint density at radius 1 is 0.943 bits per heavy atom. The van der Waals surface area contributed by atoms with Crippen molar-refractivity contribution in [2.75, 3.05) is 9.62 Å². The maximum absolute atomic E-state index is 13.3. The van der Waals surface area contributed by atoms with Crippen LogP contribution in [0.3, 0.4) is 0 Å². The van der Waals surface area contributed by atoms with Crippen molar-refractivity contribution in [3.05, 3.63) is 106 Å². The molecule has 0 aliphatic heterocycles. The van der Waals surface area contributed by atoms with Gasteiger partial charge in [-0.2, -0.15) is 0 Å². The second kappa shape index (κ2) is 10.5. The lowest BCUT2D eigenvalue weighted by Crippen LogP contribution is -2.20. The van der Waals surface area contributed by atoms with Crippen LogP contribution in [0.25, 0.3) is 11.1 Å². The highest BCUT2D eigenvalue weighted by Gasteiger charge is 2.20. The van der Waals surface area contributed by atoms with Gasteiger partial charge in [0.1, 0.15) is 17.3 Å². The number of nitrogens with zero attached hydrogens (tertiary/aromatic N) is 1. The summed E-state index contributed by atoms with van der Waals surface area (Å²) in [6, 6.07) is 20.9. The Balaban J connectivity index is 1.58. The minimum atomic E-state index is -2.59. The number of carbonyl (C=O) groups is 1. The minimum Gasteiger partial charge on any atom is -0.506 e. The fourth-order valence-corrected chi connectivity index (χ4v) is 4.41. The molecule has 35 heavy (non-hydrogen) atoms. The summed E-state index contributed by atoms with van der Waals surface area (Å²) < 4.78 is 36.0. The van der Waals surface area contributed by atoms with E-state index in [0.29, 0.717) is 15.6 Å². The number of rotatable bonds is 6. The Bertz CT molecular complexity index is 1420. The SMILES string of the molecule is O=C(Nc1ccc(O)c(N(c2ccc(F)cc2)S(=O)O)c1)c1ccc(-c2cccc(Cl)c2Cl)cc1. The minimum absolute atomic E-state index is 0.0545. The highest BCUT2D eigenvalue weighted by atomic mass is 35.5. The molecule has 178 valence electrons. The normalized spacial score (nSPS) is 11.7. The first-order chi connectivity index (χ1) is 16.7. The van der Waals surface area contributed by atoms with E-state index in [4.69, 9.17) is 23.2 Å². The summed E-state index contributed by atoms with van der Waals surface area (Å²) in [5.74, 6) is -1.27. The van der Waals surface area contributed by atoms with E-state index in [-0.39, 0.29) is 22.8 Å². The van der Waals surface area contributed by atoms with Crippen LogP contribution in [0.2, 0.25) is 10.0 Å². The number of hydrogen-bond acceptors (Lipinski definition) is 3. The number of halogens is 3. The quantitative estimate of drug-likeness (QED) is 0.184. The maximum Gasteiger partial charge on any atom is 0.266 e. The second-order valence-corrected chi connectivity index (χ2v) is 8.95. The van der Waals surface area contributed by atoms with Gasteiger partial charge in [0.25, 0.3) is 17.2 Å². The van der Waals surface area contributed by atoms with Crippen LogP contribution in [0, 0.1) is 5.82 Å². The van der Waals surface area contributed by atoms with Crippen LogP contribution < -0.4 is 9.62 Å². The van der Waals surface area contributed by atoms with Gasteiger partial charge in [-0.15, -0.1) is 0 Å². The summed E-state index contributed by atoms with van der Waals surface area (Å²) in [4.78, 5) is 12.8. The molecule has 3 N–H and O–H groups in total. The van der Waals surface area contributed by atoms with Crippen LogP contribution in [0.15, 0.2) is 84.9 Å². The molecule has 0 saturated carbocycles. The summed E-state index contributed by atoms with van der Waals surface area (Å²) in [6.45, 7) is 0. The molecule has 0 bridgehead atoms. The predicted molar refractivity (Wildman–Crippen MR) is 137 cm³/mol. The standard InChI is InChI=1S/C25H17Cl2FN2O4S/c26-21-3-1-2-20(24(21)27)15-4-6-16(7-5-15)25(32)29-18-10-13-23(31)22(14-18)30(35(33)34)19-11-8-17(28)9-12-19/h1-14,31H,(H,29,32)(H,33,34). The molecule has 4 rings (SSSR count). The van der Waals surface area contributed by atoms with E-state index in [1.54, 1.807) is 36.4 Å². The van der Waals surface area contributed by atoms with Crippen LogP contribution in [-0.2, 0) is 11.3 Å². The second-order valence-electron chi connectivity index (χ2n) is 7.34. The molecule has 0 heterocycles. The van der Waals surface area contributed by atoms with Gasteiger partial charge in [0, 0.05) is 16.8 Å². The Morgan fingerprint density at radius 3 is 2.29 bits per heavy atom. The average Bonchev–Trinajstić information content (AvgIpc) is 2.84. The van der Waals surface area contributed by atoms with E-state index in [0.717, 1.165) is 27.6 Å². The van der Waals surface area contributed by atoms with Crippen LogP contribution in [0.4, 0.5) is 21.5 Å². The van der Waals surface area contributed by atoms with Crippen LogP contribution >= 0.6 is 23.2 Å². The summed E-state index contributed by atoms with van der Waals surface area (Å²) in [6.07, 6.45) is 0. The van der Waals surface area contributed by atoms with Gasteiger partial charge in [-0.1, -0.05) is 47.5 Å². The molecule has 6 nitrogen and oxygen atoms in total. The van der Waals surface area contributed by atoms with E-state index >= 15 is 0 Å². The van der Waals surface area contributed by atoms with E-state index in [1.165, 1.54) is 30.3 Å². The first-order valence-corrected chi connectivity index (χ1v) is 11.9. The summed E-state index contributed by atoms with van der Waals surface area (Å²) in [5, 5.41) is 13.8. The number of phenolic OH excluding ortho intramolecular Hbond substituents is 1. The first-order valence-electron chi connectivity index (χ1n) is 10.1. The zero-order chi connectivity index (χ0) is 25.1. The number of anilines is 3. The Hall–Kier alpha value is -3.43. The van der Waals surface area contributed by atoms with Crippen LogP contribution in [-0.4, -0.2) is 19.8 Å². The molecule has 1 atom stereocenters. The third-order valence-corrected chi connectivity index (χ3v) is 6.62. The molecule has 10 heteroatoms. The Labute approximate surface area is 213 Å². The predicted octanol–water partition coefficient (Wildman–Crippen LogP) is 7.03. The fraction of sp³-hybridized carbons (Fsp3) is 0.